The van der Waals surface area contributed by atoms with Gasteiger partial charge in [-0.2, -0.15) is 0 Å². The minimum Gasteiger partial charge on any atom is -0.481 e. The third-order valence-corrected chi connectivity index (χ3v) is 21.7. The van der Waals surface area contributed by atoms with E-state index in [1.54, 1.807) is 44.2 Å². The SMILES string of the molecule is CCCCCC(=O)NCCCC[C@@H]1NC(=O)CSC[C@@H](C(=O)NCC(=O)NCCOCCOCCNC(=O)CCC(=O)NCCN(CCNC(C)(C)/C(C)=N\O)CCNC(C)(C)/C(C)=N\O)NC(=O)[C@H](Cc2ccccc2)NC(=O)[C@@H]2CSSC[C@H](NC1=O)C(=O)N[C@@H](CCCNC(=N)N)C(=O)NCC(=O)N[C@@H](CC(=O)O)C(=O)N2. The smallest absolute Gasteiger partial charge is 0.305 e. The molecule has 13 amide bonds. The fourth-order valence-electron chi connectivity index (χ4n) is 10.9. The Labute approximate surface area is 682 Å². The van der Waals surface area contributed by atoms with Crippen LogP contribution in [-0.2, 0) is 83.0 Å². The summed E-state index contributed by atoms with van der Waals surface area (Å²) in [5, 5.41) is 85.9. The number of hydrogen-bond donors (Lipinski definition) is 21. The van der Waals surface area contributed by atoms with Crippen molar-refractivity contribution in [3.63, 3.8) is 0 Å². The summed E-state index contributed by atoms with van der Waals surface area (Å²) in [6.45, 7) is 15.5. The summed E-state index contributed by atoms with van der Waals surface area (Å²) in [5.41, 5.74) is 5.89. The zero-order valence-electron chi connectivity index (χ0n) is 66.8. The number of ether oxygens (including phenoxy) is 2. The molecule has 2 aliphatic rings. The number of guanidine groups is 1. The molecule has 0 saturated carbocycles. The number of unbranched alkanes of at least 4 members (excludes halogenated alkanes) is 3. The zero-order valence-corrected chi connectivity index (χ0v) is 69.2. The lowest BCUT2D eigenvalue weighted by Gasteiger charge is -2.30. The summed E-state index contributed by atoms with van der Waals surface area (Å²) in [6, 6.07) is -2.49. The molecule has 7 atom stereocenters. The van der Waals surface area contributed by atoms with Gasteiger partial charge < -0.3 is 116 Å². The molecule has 2 aliphatic heterocycles. The highest BCUT2D eigenvalue weighted by Gasteiger charge is 2.36. The quantitative estimate of drug-likeness (QED) is 0.00752. The zero-order chi connectivity index (χ0) is 85.1. The molecule has 0 aliphatic carbocycles. The number of carbonyl (C=O) groups excluding carboxylic acids is 13. The second-order valence-electron chi connectivity index (χ2n) is 28.2. The molecular formula is C72H121N21O19S3. The number of aliphatic carboxylic acids is 1. The van der Waals surface area contributed by atoms with E-state index in [1.807, 2.05) is 34.6 Å². The molecule has 0 aromatic heterocycles. The molecule has 2 fully saturated rings. The molecule has 646 valence electrons. The second kappa shape index (κ2) is 56.2. The number of nitrogens with zero attached hydrogens (tertiary/aromatic N) is 3. The highest BCUT2D eigenvalue weighted by molar-refractivity contribution is 8.76. The fourth-order valence-corrected chi connectivity index (χ4v) is 14.1. The van der Waals surface area contributed by atoms with Crippen LogP contribution in [0.5, 0.6) is 0 Å². The van der Waals surface area contributed by atoms with Crippen LogP contribution in [-0.4, -0.2) is 302 Å². The molecule has 0 spiro atoms. The second-order valence-corrected chi connectivity index (χ2v) is 31.8. The predicted molar refractivity (Wildman–Crippen MR) is 435 cm³/mol. The Morgan fingerprint density at radius 3 is 1.63 bits per heavy atom. The monoisotopic (exact) mass is 1680 g/mol. The number of carboxylic acid groups (broad SMARTS) is 1. The molecule has 2 heterocycles. The van der Waals surface area contributed by atoms with Gasteiger partial charge in [-0.15, -0.1) is 11.8 Å². The molecule has 0 unspecified atom stereocenters. The first kappa shape index (κ1) is 100. The molecule has 22 N–H and O–H groups in total. The summed E-state index contributed by atoms with van der Waals surface area (Å²) < 4.78 is 11.1. The maximum atomic E-state index is 14.7. The van der Waals surface area contributed by atoms with Crippen molar-refractivity contribution in [2.24, 2.45) is 16.0 Å². The summed E-state index contributed by atoms with van der Waals surface area (Å²) in [4.78, 5) is 194. The van der Waals surface area contributed by atoms with E-state index < -0.39 is 144 Å². The van der Waals surface area contributed by atoms with E-state index in [4.69, 9.17) is 20.6 Å². The van der Waals surface area contributed by atoms with E-state index in [0.717, 1.165) is 46.2 Å². The maximum absolute atomic E-state index is 14.7. The van der Waals surface area contributed by atoms with Gasteiger partial charge in [-0.3, -0.25) is 77.4 Å². The lowest BCUT2D eigenvalue weighted by Crippen LogP contribution is -2.60. The predicted octanol–water partition coefficient (Wildman–Crippen LogP) is -3.50. The average molecular weight is 1680 g/mol. The normalized spacial score (nSPS) is 19.7. The van der Waals surface area contributed by atoms with Gasteiger partial charge in [0.15, 0.2) is 5.96 Å². The van der Waals surface area contributed by atoms with Gasteiger partial charge >= 0.3 is 5.97 Å². The van der Waals surface area contributed by atoms with E-state index in [0.29, 0.717) is 75.5 Å². The number of thioether (sulfide) groups is 1. The van der Waals surface area contributed by atoms with Crippen molar-refractivity contribution in [3.8, 4) is 0 Å². The van der Waals surface area contributed by atoms with Crippen molar-refractivity contribution < 1.29 is 92.1 Å². The molecular weight excluding hydrogens is 1560 g/mol. The van der Waals surface area contributed by atoms with Crippen molar-refractivity contribution in [1.29, 1.82) is 5.41 Å². The Bertz CT molecular complexity index is 3350. The first-order chi connectivity index (χ1) is 54.8. The molecule has 115 heavy (non-hydrogen) atoms. The molecule has 2 saturated heterocycles. The van der Waals surface area contributed by atoms with Crippen LogP contribution in [0.3, 0.4) is 0 Å². The maximum Gasteiger partial charge on any atom is 0.305 e. The summed E-state index contributed by atoms with van der Waals surface area (Å²) in [7, 11) is 1.81. The van der Waals surface area contributed by atoms with Crippen LogP contribution < -0.4 is 90.8 Å². The standard InChI is InChI=1S/C72H121N21O19S3/c1-8-9-11-21-56(94)75-24-15-14-19-50-65(104)89-54-43-114-115-44-55(90-67(106)52(39-62(100)101)85-60(98)41-81-63(102)49(86-68(54)107)20-16-25-79-70(73)74)69(108)87-51(38-48-17-12-10-13-18-48)66(105)88-53(42-113-45-61(99)84-50)64(103)80-40-59(97)78-30-35-112-37-36-111-34-29-77-58(96)23-22-57(95)76-26-31-93(32-27-82-71(4,5)46(2)91-109)33-28-83-72(6,7)47(3)92-110/h10,12-13,17-18,49-55,82-83,109-110H,8-9,11,14-16,19-45H2,1-7H3,(H,75,94)(H,76,95)(H,77,96)(H,78,97)(H,80,103)(H,81,102)(H,84,99)(H,85,98)(H,86,107)(H,87,108)(H,88,105)(H,89,104)(H,90,106)(H,100,101)(H4,73,74,79)/b91-46-,92-47-/t49-,50-,51-,52-,53-,54-,55-/m0/s1. The van der Waals surface area contributed by atoms with Crippen LogP contribution in [0, 0.1) is 5.41 Å². The molecule has 40 nitrogen and oxygen atoms in total. The lowest BCUT2D eigenvalue weighted by atomic mass is 9.99. The van der Waals surface area contributed by atoms with E-state index >= 15 is 0 Å². The summed E-state index contributed by atoms with van der Waals surface area (Å²) >= 11 is 0.844. The van der Waals surface area contributed by atoms with E-state index in [9.17, 15) is 82.6 Å². The summed E-state index contributed by atoms with van der Waals surface area (Å²) in [5.74, 6) is -13.4. The van der Waals surface area contributed by atoms with Crippen molar-refractivity contribution in [2.45, 2.75) is 185 Å². The average Bonchev–Trinajstić information content (AvgIpc) is 1.42. The van der Waals surface area contributed by atoms with Gasteiger partial charge in [-0.05, 0) is 85.6 Å². The van der Waals surface area contributed by atoms with Crippen LogP contribution in [0.25, 0.3) is 0 Å². The van der Waals surface area contributed by atoms with Crippen LogP contribution in [0.15, 0.2) is 40.6 Å². The minimum atomic E-state index is -1.85. The number of benzene rings is 1. The largest absolute Gasteiger partial charge is 0.481 e. The highest BCUT2D eigenvalue weighted by Crippen LogP contribution is 2.24. The van der Waals surface area contributed by atoms with Crippen molar-refractivity contribution in [2.75, 3.05) is 128 Å². The molecule has 2 bridgehead atoms. The van der Waals surface area contributed by atoms with E-state index in [1.165, 1.54) is 0 Å². The molecule has 1 aromatic rings. The Balaban J connectivity index is 1.76. The minimum absolute atomic E-state index is 0.0133. The van der Waals surface area contributed by atoms with Crippen molar-refractivity contribution >= 4 is 133 Å². The number of fused-ring (bicyclic) bond motifs is 5. The Morgan fingerprint density at radius 2 is 1.05 bits per heavy atom. The molecule has 0 radical (unpaired) electrons. The van der Waals surface area contributed by atoms with Gasteiger partial charge in [0.05, 0.1) is 74.2 Å². The van der Waals surface area contributed by atoms with Crippen LogP contribution in [0.2, 0.25) is 0 Å². The van der Waals surface area contributed by atoms with Gasteiger partial charge in [0.25, 0.3) is 0 Å². The van der Waals surface area contributed by atoms with Crippen LogP contribution in [0.1, 0.15) is 131 Å². The number of rotatable bonds is 45. The molecule has 1 aromatic carbocycles. The lowest BCUT2D eigenvalue weighted by molar-refractivity contribution is -0.141. The number of carbonyl (C=O) groups is 14. The first-order valence-electron chi connectivity index (χ1n) is 38.4. The van der Waals surface area contributed by atoms with Crippen molar-refractivity contribution in [3.05, 3.63) is 35.9 Å². The Morgan fingerprint density at radius 1 is 0.548 bits per heavy atom. The Hall–Kier alpha value is -9.14. The van der Waals surface area contributed by atoms with Gasteiger partial charge in [0.1, 0.15) is 42.3 Å². The van der Waals surface area contributed by atoms with Gasteiger partial charge in [0.2, 0.25) is 76.8 Å². The third-order valence-electron chi connectivity index (χ3n) is 18.2. The molecule has 3 rings (SSSR count). The van der Waals surface area contributed by atoms with Gasteiger partial charge in [0, 0.05) is 108 Å². The van der Waals surface area contributed by atoms with E-state index in [-0.39, 0.29) is 138 Å². The topological polar surface area (TPSA) is 588 Å². The van der Waals surface area contributed by atoms with Gasteiger partial charge in [-0.25, -0.2) is 0 Å². The Kier molecular flexibility index (Phi) is 48.9. The number of oxime groups is 2. The van der Waals surface area contributed by atoms with Crippen LogP contribution in [0.4, 0.5) is 0 Å². The fraction of sp³-hybridized carbons (Fsp3) is 0.681. The van der Waals surface area contributed by atoms with E-state index in [2.05, 4.69) is 100 Å². The number of nitrogens with two attached hydrogens (primary N) is 1. The number of carboxylic acids is 1. The number of nitrogens with one attached hydrogen (secondary N) is 17. The molecule has 43 heteroatoms. The third kappa shape index (κ3) is 43.4. The first-order valence-corrected chi connectivity index (χ1v) is 42.1. The highest BCUT2D eigenvalue weighted by atomic mass is 33.1. The number of amides is 13. The van der Waals surface area contributed by atoms with Crippen LogP contribution >= 0.6 is 33.3 Å². The number of hydrogen-bond acceptors (Lipinski definition) is 27. The van der Waals surface area contributed by atoms with Crippen molar-refractivity contribution in [1.82, 2.24) is 90.0 Å². The van der Waals surface area contributed by atoms with Gasteiger partial charge in [-0.1, -0.05) is 82.0 Å². The summed E-state index contributed by atoms with van der Waals surface area (Å²) in [6.07, 6.45) is 2.07.